The van der Waals surface area contributed by atoms with E-state index in [1.807, 2.05) is 0 Å². The van der Waals surface area contributed by atoms with Crippen molar-refractivity contribution in [2.24, 2.45) is 0 Å². The number of rotatable bonds is 2. The second kappa shape index (κ2) is 6.05. The van der Waals surface area contributed by atoms with Gasteiger partial charge in [0.25, 0.3) is 0 Å². The van der Waals surface area contributed by atoms with Gasteiger partial charge in [0.2, 0.25) is 10.0 Å². The summed E-state index contributed by atoms with van der Waals surface area (Å²) in [5.74, 6) is -1.22. The van der Waals surface area contributed by atoms with Gasteiger partial charge >= 0.3 is 0 Å². The van der Waals surface area contributed by atoms with Crippen LogP contribution in [-0.2, 0) is 19.5 Å². The molecule has 1 spiro atoms. The van der Waals surface area contributed by atoms with E-state index in [1.54, 1.807) is 0 Å². The highest BCUT2D eigenvalue weighted by Gasteiger charge is 2.41. The van der Waals surface area contributed by atoms with E-state index in [-0.39, 0.29) is 23.0 Å². The van der Waals surface area contributed by atoms with Gasteiger partial charge in [0.15, 0.2) is 5.79 Å². The van der Waals surface area contributed by atoms with Gasteiger partial charge in [-0.3, -0.25) is 0 Å². The van der Waals surface area contributed by atoms with Crippen molar-refractivity contribution in [2.45, 2.75) is 29.9 Å². The molecule has 22 heavy (non-hydrogen) atoms. The van der Waals surface area contributed by atoms with E-state index in [0.29, 0.717) is 26.1 Å². The van der Waals surface area contributed by atoms with Crippen molar-refractivity contribution >= 4 is 21.6 Å². The number of hydrogen-bond donors (Lipinski definition) is 0. The fourth-order valence-corrected chi connectivity index (χ4v) is 4.74. The molecule has 0 aliphatic carbocycles. The largest absolute Gasteiger partial charge is 0.350 e. The molecule has 0 bridgehead atoms. The molecule has 5 nitrogen and oxygen atoms in total. The van der Waals surface area contributed by atoms with Crippen LogP contribution < -0.4 is 0 Å². The van der Waals surface area contributed by atoms with Gasteiger partial charge in [0.1, 0.15) is 10.7 Å². The molecule has 0 aromatic heterocycles. The summed E-state index contributed by atoms with van der Waals surface area (Å²) in [4.78, 5) is -0.0722. The highest BCUT2D eigenvalue weighted by atomic mass is 35.5. The van der Waals surface area contributed by atoms with Crippen molar-refractivity contribution in [3.63, 3.8) is 0 Å². The van der Waals surface area contributed by atoms with Gasteiger partial charge in [0, 0.05) is 25.9 Å². The average molecular weight is 350 g/mol. The summed E-state index contributed by atoms with van der Waals surface area (Å²) in [6, 6.07) is 3.30. The van der Waals surface area contributed by atoms with Crippen molar-refractivity contribution in [3.05, 3.63) is 29.0 Å². The lowest BCUT2D eigenvalue weighted by molar-refractivity contribution is -0.280. The Hall–Kier alpha value is -0.730. The molecule has 0 N–H and O–H groups in total. The van der Waals surface area contributed by atoms with Crippen LogP contribution in [0.15, 0.2) is 23.1 Å². The third kappa shape index (κ3) is 3.00. The number of sulfonamides is 1. The van der Waals surface area contributed by atoms with Crippen molar-refractivity contribution < 1.29 is 22.3 Å². The topological polar surface area (TPSA) is 55.8 Å². The standard InChI is InChI=1S/C14H17ClFNO4S/c15-12-10-11(16)2-3-13(12)22(18,19)17-6-4-14(5-7-17)20-8-1-9-21-14/h2-3,10H,1,4-9H2. The van der Waals surface area contributed by atoms with E-state index in [4.69, 9.17) is 21.1 Å². The number of halogens is 2. The van der Waals surface area contributed by atoms with Crippen molar-refractivity contribution in [3.8, 4) is 0 Å². The van der Waals surface area contributed by atoms with Crippen molar-refractivity contribution in [1.82, 2.24) is 4.31 Å². The molecular formula is C14H17ClFNO4S. The third-order valence-electron chi connectivity index (χ3n) is 4.01. The molecule has 2 fully saturated rings. The summed E-state index contributed by atoms with van der Waals surface area (Å²) in [5, 5.41) is -0.106. The lowest BCUT2D eigenvalue weighted by Crippen LogP contribution is -2.51. The Morgan fingerprint density at radius 3 is 2.41 bits per heavy atom. The Kier molecular flexibility index (Phi) is 4.44. The SMILES string of the molecule is O=S(=O)(c1ccc(F)cc1Cl)N1CCC2(CC1)OCCCO2. The molecule has 1 aromatic rings. The summed E-state index contributed by atoms with van der Waals surface area (Å²) < 4.78 is 51.1. The highest BCUT2D eigenvalue weighted by Crippen LogP contribution is 2.34. The van der Waals surface area contributed by atoms with Crippen LogP contribution in [0.5, 0.6) is 0 Å². The van der Waals surface area contributed by atoms with Crippen LogP contribution >= 0.6 is 11.6 Å². The molecular weight excluding hydrogens is 333 g/mol. The van der Waals surface area contributed by atoms with E-state index in [1.165, 1.54) is 10.4 Å². The first-order chi connectivity index (χ1) is 10.4. The molecule has 8 heteroatoms. The maximum absolute atomic E-state index is 13.1. The van der Waals surface area contributed by atoms with Gasteiger partial charge in [-0.1, -0.05) is 11.6 Å². The molecule has 0 amide bonds. The lowest BCUT2D eigenvalue weighted by Gasteiger charge is -2.42. The zero-order valence-corrected chi connectivity index (χ0v) is 13.5. The van der Waals surface area contributed by atoms with E-state index < -0.39 is 21.6 Å². The number of nitrogens with zero attached hydrogens (tertiary/aromatic N) is 1. The van der Waals surface area contributed by atoms with Crippen molar-refractivity contribution in [1.29, 1.82) is 0 Å². The highest BCUT2D eigenvalue weighted by molar-refractivity contribution is 7.89. The minimum Gasteiger partial charge on any atom is -0.350 e. The predicted molar refractivity (Wildman–Crippen MR) is 78.7 cm³/mol. The summed E-state index contributed by atoms with van der Waals surface area (Å²) in [7, 11) is -3.74. The molecule has 0 radical (unpaired) electrons. The maximum Gasteiger partial charge on any atom is 0.244 e. The van der Waals surface area contributed by atoms with E-state index >= 15 is 0 Å². The average Bonchev–Trinajstić information content (AvgIpc) is 2.48. The molecule has 2 aliphatic heterocycles. The fraction of sp³-hybridized carbons (Fsp3) is 0.571. The maximum atomic E-state index is 13.1. The minimum atomic E-state index is -3.74. The summed E-state index contributed by atoms with van der Waals surface area (Å²) >= 11 is 5.88. The Morgan fingerprint density at radius 2 is 1.82 bits per heavy atom. The summed E-state index contributed by atoms with van der Waals surface area (Å²) in [5.41, 5.74) is 0. The van der Waals surface area contributed by atoms with Gasteiger partial charge in [-0.2, -0.15) is 4.31 Å². The summed E-state index contributed by atoms with van der Waals surface area (Å²) in [6.07, 6.45) is 1.81. The van der Waals surface area contributed by atoms with Gasteiger partial charge in [0.05, 0.1) is 18.2 Å². The first-order valence-corrected chi connectivity index (χ1v) is 8.98. The minimum absolute atomic E-state index is 0.0722. The van der Waals surface area contributed by atoms with Gasteiger partial charge in [-0.15, -0.1) is 0 Å². The van der Waals surface area contributed by atoms with E-state index in [2.05, 4.69) is 0 Å². The first kappa shape index (κ1) is 16.1. The van der Waals surface area contributed by atoms with Crippen LogP contribution in [0.4, 0.5) is 4.39 Å². The molecule has 1 aromatic carbocycles. The van der Waals surface area contributed by atoms with Gasteiger partial charge < -0.3 is 9.47 Å². The predicted octanol–water partition coefficient (Wildman–Crippen LogP) is 2.40. The first-order valence-electron chi connectivity index (χ1n) is 7.16. The molecule has 0 atom stereocenters. The molecule has 0 unspecified atom stereocenters. The van der Waals surface area contributed by atoms with Gasteiger partial charge in [-0.05, 0) is 24.6 Å². The zero-order chi connectivity index (χ0) is 15.8. The number of ether oxygens (including phenoxy) is 2. The number of hydrogen-bond acceptors (Lipinski definition) is 4. The second-order valence-corrected chi connectivity index (χ2v) is 7.75. The third-order valence-corrected chi connectivity index (χ3v) is 6.40. The van der Waals surface area contributed by atoms with Crippen LogP contribution in [-0.4, -0.2) is 44.8 Å². The van der Waals surface area contributed by atoms with Crippen LogP contribution in [0.25, 0.3) is 0 Å². The second-order valence-electron chi connectivity index (χ2n) is 5.44. The van der Waals surface area contributed by atoms with Crippen LogP contribution in [0.1, 0.15) is 19.3 Å². The Bertz CT molecular complexity index is 651. The Morgan fingerprint density at radius 1 is 1.18 bits per heavy atom. The monoisotopic (exact) mass is 349 g/mol. The van der Waals surface area contributed by atoms with E-state index in [0.717, 1.165) is 18.6 Å². The molecule has 2 saturated heterocycles. The van der Waals surface area contributed by atoms with Gasteiger partial charge in [-0.25, -0.2) is 12.8 Å². The normalized spacial score (nSPS) is 22.8. The quantitative estimate of drug-likeness (QED) is 0.822. The number of piperidine rings is 1. The van der Waals surface area contributed by atoms with Crippen molar-refractivity contribution in [2.75, 3.05) is 26.3 Å². The smallest absolute Gasteiger partial charge is 0.244 e. The molecule has 2 heterocycles. The lowest BCUT2D eigenvalue weighted by atomic mass is 10.0. The Labute approximate surface area is 134 Å². The van der Waals surface area contributed by atoms with E-state index in [9.17, 15) is 12.8 Å². The van der Waals surface area contributed by atoms with Crippen LogP contribution in [0.3, 0.4) is 0 Å². The molecule has 0 saturated carbocycles. The molecule has 2 aliphatic rings. The molecule has 122 valence electrons. The fourth-order valence-electron chi connectivity index (χ4n) is 2.80. The number of benzene rings is 1. The summed E-state index contributed by atoms with van der Waals surface area (Å²) in [6.45, 7) is 1.85. The zero-order valence-electron chi connectivity index (χ0n) is 11.9. The Balaban J connectivity index is 1.77. The molecule has 3 rings (SSSR count). The van der Waals surface area contributed by atoms with Crippen LogP contribution in [0, 0.1) is 5.82 Å². The van der Waals surface area contributed by atoms with Crippen LogP contribution in [0.2, 0.25) is 5.02 Å².